The van der Waals surface area contributed by atoms with E-state index in [2.05, 4.69) is 0 Å². The topological polar surface area (TPSA) is 60.9 Å². The molecule has 126 valence electrons. The summed E-state index contributed by atoms with van der Waals surface area (Å²) in [5.74, 6) is -1.21. The smallest absolute Gasteiger partial charge is 0.407 e. The molecule has 5 nitrogen and oxygen atoms in total. The van der Waals surface area contributed by atoms with Crippen LogP contribution >= 0.6 is 11.6 Å². The third-order valence-electron chi connectivity index (χ3n) is 4.09. The van der Waals surface area contributed by atoms with Crippen molar-refractivity contribution in [1.82, 2.24) is 9.80 Å². The van der Waals surface area contributed by atoms with Gasteiger partial charge in [0.15, 0.2) is 5.82 Å². The summed E-state index contributed by atoms with van der Waals surface area (Å²) in [5.41, 5.74) is -0.432. The van der Waals surface area contributed by atoms with Gasteiger partial charge in [-0.2, -0.15) is 0 Å². The number of hydrogen-bond acceptors (Lipinski definition) is 2. The van der Waals surface area contributed by atoms with Crippen molar-refractivity contribution < 1.29 is 19.1 Å². The zero-order chi connectivity index (χ0) is 17.4. The predicted molar refractivity (Wildman–Crippen MR) is 85.3 cm³/mol. The van der Waals surface area contributed by atoms with Gasteiger partial charge in [0.05, 0.1) is 16.6 Å². The van der Waals surface area contributed by atoms with E-state index in [0.717, 1.165) is 0 Å². The van der Waals surface area contributed by atoms with Gasteiger partial charge < -0.3 is 14.9 Å². The minimum absolute atomic E-state index is 0.0889. The molecule has 7 heteroatoms. The zero-order valence-electron chi connectivity index (χ0n) is 13.3. The number of rotatable bonds is 1. The van der Waals surface area contributed by atoms with E-state index in [1.165, 1.54) is 28.0 Å². The third-order valence-corrected chi connectivity index (χ3v) is 4.39. The van der Waals surface area contributed by atoms with Crippen molar-refractivity contribution in [2.45, 2.75) is 26.8 Å². The highest BCUT2D eigenvalue weighted by atomic mass is 35.5. The Morgan fingerprint density at radius 2 is 1.96 bits per heavy atom. The highest BCUT2D eigenvalue weighted by Gasteiger charge is 2.39. The van der Waals surface area contributed by atoms with Crippen LogP contribution < -0.4 is 0 Å². The molecule has 1 aliphatic rings. The summed E-state index contributed by atoms with van der Waals surface area (Å²) in [6, 6.07) is 3.93. The lowest BCUT2D eigenvalue weighted by Crippen LogP contribution is -2.60. The van der Waals surface area contributed by atoms with Crippen LogP contribution in [-0.4, -0.2) is 52.6 Å². The Balaban J connectivity index is 2.26. The first-order valence-corrected chi connectivity index (χ1v) is 7.73. The summed E-state index contributed by atoms with van der Waals surface area (Å²) >= 11 is 5.73. The van der Waals surface area contributed by atoms with E-state index in [1.54, 1.807) is 0 Å². The van der Waals surface area contributed by atoms with Crippen LogP contribution in [-0.2, 0) is 0 Å². The average Bonchev–Trinajstić information content (AvgIpc) is 2.47. The van der Waals surface area contributed by atoms with Crippen LogP contribution in [0.4, 0.5) is 9.18 Å². The molecule has 1 unspecified atom stereocenters. The fraction of sp³-hybridized carbons (Fsp3) is 0.500. The Morgan fingerprint density at radius 1 is 1.30 bits per heavy atom. The monoisotopic (exact) mass is 342 g/mol. The molecule has 0 saturated carbocycles. The summed E-state index contributed by atoms with van der Waals surface area (Å²) in [6.07, 6.45) is -1.01. The molecule has 1 aliphatic heterocycles. The molecular weight excluding hydrogens is 323 g/mol. The number of halogens is 2. The van der Waals surface area contributed by atoms with Gasteiger partial charge in [-0.15, -0.1) is 0 Å². The fourth-order valence-corrected chi connectivity index (χ4v) is 2.95. The molecule has 1 fully saturated rings. The van der Waals surface area contributed by atoms with Crippen LogP contribution in [0, 0.1) is 11.2 Å². The van der Waals surface area contributed by atoms with Gasteiger partial charge in [-0.05, 0) is 17.5 Å². The number of hydrogen-bond donors (Lipinski definition) is 1. The van der Waals surface area contributed by atoms with Crippen LogP contribution in [0.3, 0.4) is 0 Å². The molecule has 0 spiro atoms. The van der Waals surface area contributed by atoms with Gasteiger partial charge in [-0.3, -0.25) is 4.79 Å². The molecule has 2 amide bonds. The van der Waals surface area contributed by atoms with E-state index in [4.69, 9.17) is 11.6 Å². The molecule has 0 bridgehead atoms. The van der Waals surface area contributed by atoms with Crippen molar-refractivity contribution in [3.05, 3.63) is 34.6 Å². The highest BCUT2D eigenvalue weighted by Crippen LogP contribution is 2.29. The van der Waals surface area contributed by atoms with E-state index in [9.17, 15) is 19.1 Å². The third kappa shape index (κ3) is 3.58. The normalized spacial score (nSPS) is 18.9. The molecule has 0 radical (unpaired) electrons. The minimum atomic E-state index is -1.01. The lowest BCUT2D eigenvalue weighted by molar-refractivity contribution is 0.0196. The summed E-state index contributed by atoms with van der Waals surface area (Å²) in [5, 5.41) is 9.24. The summed E-state index contributed by atoms with van der Waals surface area (Å²) in [7, 11) is 0. The van der Waals surface area contributed by atoms with Gasteiger partial charge in [-0.1, -0.05) is 38.4 Å². The van der Waals surface area contributed by atoms with Gasteiger partial charge >= 0.3 is 6.09 Å². The quantitative estimate of drug-likeness (QED) is 0.851. The molecule has 1 atom stereocenters. The highest BCUT2D eigenvalue weighted by molar-refractivity contribution is 6.31. The Morgan fingerprint density at radius 3 is 2.52 bits per heavy atom. The van der Waals surface area contributed by atoms with E-state index in [1.807, 2.05) is 20.8 Å². The molecule has 2 rings (SSSR count). The second-order valence-electron chi connectivity index (χ2n) is 6.71. The van der Waals surface area contributed by atoms with Crippen molar-refractivity contribution in [3.8, 4) is 0 Å². The SMILES string of the molecule is CC(C)(C)C1CN(C(=O)c2cccc(Cl)c2F)CCN1C(=O)O. The standard InChI is InChI=1S/C16H20ClFN2O3/c1-16(2,3)12-9-19(7-8-20(12)15(22)23)14(21)10-5-4-6-11(17)13(10)18/h4-6,12H,7-9H2,1-3H3,(H,22,23). The van der Waals surface area contributed by atoms with Gasteiger partial charge in [0.1, 0.15) is 0 Å². The lowest BCUT2D eigenvalue weighted by Gasteiger charge is -2.45. The molecule has 1 heterocycles. The minimum Gasteiger partial charge on any atom is -0.465 e. The van der Waals surface area contributed by atoms with Crippen LogP contribution in [0.15, 0.2) is 18.2 Å². The summed E-state index contributed by atoms with van der Waals surface area (Å²) in [4.78, 5) is 26.8. The number of piperazine rings is 1. The first kappa shape index (κ1) is 17.5. The second-order valence-corrected chi connectivity index (χ2v) is 7.12. The molecule has 1 aromatic rings. The van der Waals surface area contributed by atoms with Crippen LogP contribution in [0.5, 0.6) is 0 Å². The van der Waals surface area contributed by atoms with Crippen molar-refractivity contribution in [2.24, 2.45) is 5.41 Å². The van der Waals surface area contributed by atoms with Gasteiger partial charge in [0.2, 0.25) is 0 Å². The predicted octanol–water partition coefficient (Wildman–Crippen LogP) is 3.33. The fourth-order valence-electron chi connectivity index (χ4n) is 2.78. The molecule has 0 aliphatic carbocycles. The van der Waals surface area contributed by atoms with Crippen molar-refractivity contribution in [3.63, 3.8) is 0 Å². The molecule has 1 N–H and O–H groups in total. The average molecular weight is 343 g/mol. The zero-order valence-corrected chi connectivity index (χ0v) is 14.1. The molecule has 1 aromatic carbocycles. The van der Waals surface area contributed by atoms with E-state index >= 15 is 0 Å². The molecular formula is C16H20ClFN2O3. The lowest BCUT2D eigenvalue weighted by atomic mass is 9.84. The van der Waals surface area contributed by atoms with Crippen molar-refractivity contribution in [2.75, 3.05) is 19.6 Å². The Bertz CT molecular complexity index is 630. The molecule has 0 aromatic heterocycles. The first-order valence-electron chi connectivity index (χ1n) is 7.35. The first-order chi connectivity index (χ1) is 10.6. The van der Waals surface area contributed by atoms with Crippen molar-refractivity contribution in [1.29, 1.82) is 0 Å². The summed E-state index contributed by atoms with van der Waals surface area (Å²) < 4.78 is 14.1. The number of carbonyl (C=O) groups excluding carboxylic acids is 1. The largest absolute Gasteiger partial charge is 0.465 e. The number of amides is 2. The molecule has 23 heavy (non-hydrogen) atoms. The van der Waals surface area contributed by atoms with Gasteiger partial charge in [-0.25, -0.2) is 9.18 Å². The maximum Gasteiger partial charge on any atom is 0.407 e. The molecule has 1 saturated heterocycles. The maximum absolute atomic E-state index is 14.1. The Labute approximate surface area is 139 Å². The van der Waals surface area contributed by atoms with Crippen LogP contribution in [0.2, 0.25) is 5.02 Å². The number of carboxylic acid groups (broad SMARTS) is 1. The van der Waals surface area contributed by atoms with E-state index in [-0.39, 0.29) is 41.7 Å². The van der Waals surface area contributed by atoms with Crippen LogP contribution in [0.25, 0.3) is 0 Å². The van der Waals surface area contributed by atoms with E-state index < -0.39 is 17.8 Å². The van der Waals surface area contributed by atoms with Gasteiger partial charge in [0, 0.05) is 19.6 Å². The number of carbonyl (C=O) groups is 2. The van der Waals surface area contributed by atoms with Crippen molar-refractivity contribution >= 4 is 23.6 Å². The number of benzene rings is 1. The second kappa shape index (κ2) is 6.35. The Kier molecular flexibility index (Phi) is 4.84. The van der Waals surface area contributed by atoms with Gasteiger partial charge in [0.25, 0.3) is 5.91 Å². The number of nitrogens with zero attached hydrogens (tertiary/aromatic N) is 2. The van der Waals surface area contributed by atoms with Crippen LogP contribution in [0.1, 0.15) is 31.1 Å². The Hall–Kier alpha value is -1.82. The summed E-state index contributed by atoms with van der Waals surface area (Å²) in [6.45, 7) is 6.40. The maximum atomic E-state index is 14.1. The van der Waals surface area contributed by atoms with E-state index in [0.29, 0.717) is 0 Å².